The summed E-state index contributed by atoms with van der Waals surface area (Å²) in [6.07, 6.45) is 2.26. The Balaban J connectivity index is 3.32. The molecule has 0 unspecified atom stereocenters. The van der Waals surface area contributed by atoms with Crippen LogP contribution in [0, 0.1) is 22.0 Å². The van der Waals surface area contributed by atoms with Gasteiger partial charge in [-0.3, -0.25) is 10.1 Å². The summed E-state index contributed by atoms with van der Waals surface area (Å²) in [6, 6.07) is 3.85. The zero-order chi connectivity index (χ0) is 9.14. The van der Waals surface area contributed by atoms with E-state index in [1.54, 1.807) is 0 Å². The fraction of sp³-hybridized carbons (Fsp3) is 0. The van der Waals surface area contributed by atoms with Crippen molar-refractivity contribution in [1.29, 1.82) is 0 Å². The molecule has 0 aliphatic rings. The van der Waals surface area contributed by atoms with E-state index in [9.17, 15) is 14.5 Å². The van der Waals surface area contributed by atoms with Gasteiger partial charge in [0.25, 0.3) is 0 Å². The molecular formula is C8H5FNO2. The van der Waals surface area contributed by atoms with Gasteiger partial charge in [0.2, 0.25) is 5.82 Å². The third kappa shape index (κ3) is 1.32. The molecule has 0 amide bonds. The Labute approximate surface area is 68.3 Å². The van der Waals surface area contributed by atoms with Crippen LogP contribution >= 0.6 is 0 Å². The number of nitrogens with zero attached hydrogens (tertiary/aromatic N) is 1. The van der Waals surface area contributed by atoms with Crippen LogP contribution in [-0.4, -0.2) is 4.92 Å². The fourth-order valence-corrected chi connectivity index (χ4v) is 0.797. The van der Waals surface area contributed by atoms with Gasteiger partial charge >= 0.3 is 5.69 Å². The van der Waals surface area contributed by atoms with Crippen LogP contribution in [0.3, 0.4) is 0 Å². The number of hydrogen-bond acceptors (Lipinski definition) is 2. The van der Waals surface area contributed by atoms with Crippen LogP contribution in [-0.2, 0) is 0 Å². The van der Waals surface area contributed by atoms with Crippen molar-refractivity contribution in [1.82, 2.24) is 0 Å². The average molecular weight is 166 g/mol. The minimum atomic E-state index is -0.891. The Morgan fingerprint density at radius 1 is 1.58 bits per heavy atom. The maximum Gasteiger partial charge on any atom is 0.305 e. The molecule has 0 fully saturated rings. The van der Waals surface area contributed by atoms with Gasteiger partial charge in [-0.15, -0.1) is 0 Å². The largest absolute Gasteiger partial charge is 0.305 e. The first-order chi connectivity index (χ1) is 5.66. The van der Waals surface area contributed by atoms with Gasteiger partial charge in [0, 0.05) is 11.6 Å². The van der Waals surface area contributed by atoms with Gasteiger partial charge in [-0.1, -0.05) is 18.7 Å². The lowest BCUT2D eigenvalue weighted by atomic mass is 10.2. The summed E-state index contributed by atoms with van der Waals surface area (Å²) in [6.45, 7) is 3.20. The molecule has 4 heteroatoms. The fourth-order valence-electron chi connectivity index (χ4n) is 0.797. The highest BCUT2D eigenvalue weighted by atomic mass is 19.1. The summed E-state index contributed by atoms with van der Waals surface area (Å²) in [4.78, 5) is 9.43. The minimum absolute atomic E-state index is 0.0178. The van der Waals surface area contributed by atoms with Gasteiger partial charge in [-0.25, -0.2) is 0 Å². The SMILES string of the molecule is C=[C]c1cccc([N+](=O)[O-])c1F. The number of nitro groups is 1. The molecule has 0 atom stereocenters. The quantitative estimate of drug-likeness (QED) is 0.498. The Hall–Kier alpha value is -1.71. The van der Waals surface area contributed by atoms with Crippen molar-refractivity contribution in [2.75, 3.05) is 0 Å². The molecule has 1 radical (unpaired) electrons. The first-order valence-corrected chi connectivity index (χ1v) is 3.13. The molecule has 0 saturated heterocycles. The number of hydrogen-bond donors (Lipinski definition) is 0. The highest BCUT2D eigenvalue weighted by Crippen LogP contribution is 2.19. The van der Waals surface area contributed by atoms with Crippen LogP contribution in [0.2, 0.25) is 0 Å². The van der Waals surface area contributed by atoms with E-state index in [4.69, 9.17) is 0 Å². The van der Waals surface area contributed by atoms with Crippen molar-refractivity contribution in [2.45, 2.75) is 0 Å². The topological polar surface area (TPSA) is 43.1 Å². The Morgan fingerprint density at radius 3 is 2.75 bits per heavy atom. The van der Waals surface area contributed by atoms with Crippen LogP contribution in [0.1, 0.15) is 5.56 Å². The number of nitro benzene ring substituents is 1. The van der Waals surface area contributed by atoms with E-state index >= 15 is 0 Å². The normalized spacial score (nSPS) is 9.42. The number of benzene rings is 1. The third-order valence-corrected chi connectivity index (χ3v) is 1.37. The molecule has 0 heterocycles. The highest BCUT2D eigenvalue weighted by Gasteiger charge is 2.14. The Bertz CT molecular complexity index is 336. The lowest BCUT2D eigenvalue weighted by Crippen LogP contribution is -1.94. The summed E-state index contributed by atoms with van der Waals surface area (Å²) >= 11 is 0. The van der Waals surface area contributed by atoms with Crippen molar-refractivity contribution < 1.29 is 9.31 Å². The molecule has 0 spiro atoms. The smallest absolute Gasteiger partial charge is 0.258 e. The summed E-state index contributed by atoms with van der Waals surface area (Å²) in [5.74, 6) is -0.891. The summed E-state index contributed by atoms with van der Waals surface area (Å²) in [5, 5.41) is 10.2. The lowest BCUT2D eigenvalue weighted by molar-refractivity contribution is -0.387. The number of halogens is 1. The Morgan fingerprint density at radius 2 is 2.25 bits per heavy atom. The molecule has 0 bridgehead atoms. The first kappa shape index (κ1) is 8.39. The summed E-state index contributed by atoms with van der Waals surface area (Å²) in [5.41, 5.74) is -0.534. The van der Waals surface area contributed by atoms with Gasteiger partial charge in [-0.2, -0.15) is 4.39 Å². The minimum Gasteiger partial charge on any atom is -0.258 e. The van der Waals surface area contributed by atoms with Crippen molar-refractivity contribution in [3.63, 3.8) is 0 Å². The van der Waals surface area contributed by atoms with E-state index < -0.39 is 16.4 Å². The van der Waals surface area contributed by atoms with Crippen molar-refractivity contribution in [3.05, 3.63) is 52.3 Å². The molecule has 3 nitrogen and oxygen atoms in total. The molecule has 0 aliphatic carbocycles. The predicted molar refractivity (Wildman–Crippen MR) is 41.0 cm³/mol. The monoisotopic (exact) mass is 166 g/mol. The molecule has 0 aromatic heterocycles. The van der Waals surface area contributed by atoms with Crippen molar-refractivity contribution in [2.24, 2.45) is 0 Å². The molecule has 61 valence electrons. The Kier molecular flexibility index (Phi) is 2.19. The highest BCUT2D eigenvalue weighted by molar-refractivity contribution is 5.38. The molecule has 1 rings (SSSR count). The van der Waals surface area contributed by atoms with Crippen LogP contribution in [0.15, 0.2) is 24.8 Å². The van der Waals surface area contributed by atoms with Crippen LogP contribution in [0.5, 0.6) is 0 Å². The second-order valence-electron chi connectivity index (χ2n) is 2.07. The summed E-state index contributed by atoms with van der Waals surface area (Å²) < 4.78 is 13.0. The van der Waals surface area contributed by atoms with E-state index in [0.717, 1.165) is 6.07 Å². The number of rotatable bonds is 2. The molecule has 0 aliphatic heterocycles. The second-order valence-corrected chi connectivity index (χ2v) is 2.07. The zero-order valence-electron chi connectivity index (χ0n) is 6.08. The van der Waals surface area contributed by atoms with Gasteiger partial charge < -0.3 is 0 Å². The van der Waals surface area contributed by atoms with Crippen molar-refractivity contribution >= 4 is 5.69 Å². The van der Waals surface area contributed by atoms with Gasteiger partial charge in [-0.05, 0) is 6.08 Å². The van der Waals surface area contributed by atoms with Crippen LogP contribution in [0.25, 0.3) is 0 Å². The summed E-state index contributed by atoms with van der Waals surface area (Å²) in [7, 11) is 0. The standard InChI is InChI=1S/C8H5FNO2/c1-2-6-4-3-5-7(8(6)9)10(11)12/h3-5H,1H2. The molecular weight excluding hydrogens is 161 g/mol. The van der Waals surface area contributed by atoms with Crippen LogP contribution < -0.4 is 0 Å². The maximum atomic E-state index is 13.0. The average Bonchev–Trinajstić information content (AvgIpc) is 2.04. The van der Waals surface area contributed by atoms with Gasteiger partial charge in [0.1, 0.15) is 0 Å². The van der Waals surface area contributed by atoms with E-state index in [1.165, 1.54) is 12.1 Å². The molecule has 1 aromatic rings. The van der Waals surface area contributed by atoms with Crippen LogP contribution in [0.4, 0.5) is 10.1 Å². The lowest BCUT2D eigenvalue weighted by Gasteiger charge is -1.95. The van der Waals surface area contributed by atoms with E-state index in [1.807, 2.05) is 0 Å². The third-order valence-electron chi connectivity index (χ3n) is 1.37. The maximum absolute atomic E-state index is 13.0. The van der Waals surface area contributed by atoms with Gasteiger partial charge in [0.15, 0.2) is 0 Å². The van der Waals surface area contributed by atoms with Crippen molar-refractivity contribution in [3.8, 4) is 0 Å². The molecule has 0 N–H and O–H groups in total. The second kappa shape index (κ2) is 3.13. The predicted octanol–water partition coefficient (Wildman–Crippen LogP) is 2.07. The van der Waals surface area contributed by atoms with Gasteiger partial charge in [0.05, 0.1) is 4.92 Å². The zero-order valence-corrected chi connectivity index (χ0v) is 6.08. The molecule has 12 heavy (non-hydrogen) atoms. The van der Waals surface area contributed by atoms with E-state index in [0.29, 0.717) is 0 Å². The molecule has 1 aromatic carbocycles. The van der Waals surface area contributed by atoms with E-state index in [-0.39, 0.29) is 5.56 Å². The van der Waals surface area contributed by atoms with E-state index in [2.05, 4.69) is 12.7 Å². The molecule has 0 saturated carbocycles. The first-order valence-electron chi connectivity index (χ1n) is 3.13.